The van der Waals surface area contributed by atoms with Gasteiger partial charge in [-0.15, -0.1) is 0 Å². The summed E-state index contributed by atoms with van der Waals surface area (Å²) in [5, 5.41) is 0. The van der Waals surface area contributed by atoms with Crippen LogP contribution in [-0.4, -0.2) is 60.7 Å². The van der Waals surface area contributed by atoms with Gasteiger partial charge >= 0.3 is 5.97 Å². The van der Waals surface area contributed by atoms with Gasteiger partial charge in [0.1, 0.15) is 12.6 Å². The highest BCUT2D eigenvalue weighted by molar-refractivity contribution is 5.91. The lowest BCUT2D eigenvalue weighted by atomic mass is 9.90. The Bertz CT molecular complexity index is 584. The van der Waals surface area contributed by atoms with Crippen molar-refractivity contribution in [2.24, 2.45) is 5.41 Å². The maximum atomic E-state index is 12.7. The molecule has 0 N–H and O–H groups in total. The number of nitrogens with zero attached hydrogens (tertiary/aromatic N) is 2. The summed E-state index contributed by atoms with van der Waals surface area (Å²) in [6.45, 7) is 16.4. The topological polar surface area (TPSA) is 29.5 Å². The number of ether oxygens (including phenoxy) is 1. The van der Waals surface area contributed by atoms with Crippen LogP contribution in [-0.2, 0) is 11.3 Å². The summed E-state index contributed by atoms with van der Waals surface area (Å²) in [6.07, 6.45) is -0.108. The van der Waals surface area contributed by atoms with E-state index in [1.54, 1.807) is 0 Å². The molecule has 0 aromatic heterocycles. The Morgan fingerprint density at radius 1 is 1.17 bits per heavy atom. The molecule has 1 aromatic carbocycles. The van der Waals surface area contributed by atoms with Crippen molar-refractivity contribution in [3.63, 3.8) is 0 Å². The molecule has 4 nitrogen and oxygen atoms in total. The van der Waals surface area contributed by atoms with E-state index < -0.39 is 0 Å². The van der Waals surface area contributed by atoms with E-state index in [1.807, 2.05) is 25.1 Å². The summed E-state index contributed by atoms with van der Waals surface area (Å²) in [4.78, 5) is 15.3. The van der Waals surface area contributed by atoms with Crippen molar-refractivity contribution in [3.05, 3.63) is 35.4 Å². The van der Waals surface area contributed by atoms with Crippen molar-refractivity contribution in [2.75, 3.05) is 39.3 Å². The Labute approximate surface area is 146 Å². The molecule has 1 aromatic rings. The lowest BCUT2D eigenvalue weighted by molar-refractivity contribution is -0.953. The number of carbonyl (C=O) groups is 1. The predicted octanol–water partition coefficient (Wildman–Crippen LogP) is 2.92. The Kier molecular flexibility index (Phi) is 4.71. The summed E-state index contributed by atoms with van der Waals surface area (Å²) in [6, 6.07) is 8.01. The van der Waals surface area contributed by atoms with Crippen LogP contribution in [0.1, 0.15) is 43.6 Å². The van der Waals surface area contributed by atoms with Crippen LogP contribution in [0.3, 0.4) is 0 Å². The Morgan fingerprint density at radius 2 is 1.75 bits per heavy atom. The molecular weight excluding hydrogens is 300 g/mol. The third-order valence-electron chi connectivity index (χ3n) is 5.92. The molecule has 0 spiro atoms. The fourth-order valence-electron chi connectivity index (χ4n) is 3.59. The van der Waals surface area contributed by atoms with Crippen molar-refractivity contribution in [2.45, 2.75) is 40.3 Å². The van der Waals surface area contributed by atoms with Crippen molar-refractivity contribution >= 4 is 5.97 Å². The maximum Gasteiger partial charge on any atom is 0.338 e. The molecule has 0 aliphatic carbocycles. The number of hydrogen-bond donors (Lipinski definition) is 0. The lowest BCUT2D eigenvalue weighted by Crippen LogP contribution is -2.66. The standard InChI is InChI=1S/C20H31N2O2/c1-16(20(2,3)4)24-19(23)18-8-6-5-7-17(18)15-22-12-9-21(10-13-22)11-14-22/h5-8,16H,9-15H2,1-4H3/q+1/t16-/m1/s1. The zero-order chi connectivity index (χ0) is 17.4. The molecule has 0 amide bonds. The maximum absolute atomic E-state index is 12.7. The van der Waals surface area contributed by atoms with Crippen molar-refractivity contribution in [3.8, 4) is 0 Å². The molecule has 2 bridgehead atoms. The monoisotopic (exact) mass is 331 g/mol. The molecule has 1 atom stereocenters. The Morgan fingerprint density at radius 3 is 2.33 bits per heavy atom. The van der Waals surface area contributed by atoms with E-state index in [9.17, 15) is 4.79 Å². The third-order valence-corrected chi connectivity index (χ3v) is 5.92. The summed E-state index contributed by atoms with van der Waals surface area (Å²) < 4.78 is 6.87. The van der Waals surface area contributed by atoms with Gasteiger partial charge in [0, 0.05) is 25.2 Å². The van der Waals surface area contributed by atoms with Crippen molar-refractivity contribution < 1.29 is 14.0 Å². The Balaban J connectivity index is 1.77. The van der Waals surface area contributed by atoms with Gasteiger partial charge in [0.25, 0.3) is 0 Å². The first-order valence-electron chi connectivity index (χ1n) is 9.15. The van der Waals surface area contributed by atoms with Crippen LogP contribution in [0.25, 0.3) is 0 Å². The van der Waals surface area contributed by atoms with Crippen LogP contribution in [0.5, 0.6) is 0 Å². The van der Waals surface area contributed by atoms with Gasteiger partial charge < -0.3 is 9.22 Å². The number of piperazine rings is 3. The first kappa shape index (κ1) is 17.4. The molecule has 3 aliphatic rings. The lowest BCUT2D eigenvalue weighted by Gasteiger charge is -2.50. The van der Waals surface area contributed by atoms with Crippen LogP contribution in [0, 0.1) is 5.41 Å². The minimum absolute atomic E-state index is 0.0461. The number of quaternary nitrogens is 1. The second-order valence-electron chi connectivity index (χ2n) is 8.58. The van der Waals surface area contributed by atoms with E-state index in [2.05, 4.69) is 31.7 Å². The highest BCUT2D eigenvalue weighted by Gasteiger charge is 2.39. The first-order valence-corrected chi connectivity index (χ1v) is 9.15. The summed E-state index contributed by atoms with van der Waals surface area (Å²) in [5.41, 5.74) is 1.84. The van der Waals surface area contributed by atoms with Crippen LogP contribution in [0.2, 0.25) is 0 Å². The smallest absolute Gasteiger partial charge is 0.338 e. The second-order valence-corrected chi connectivity index (χ2v) is 8.58. The molecule has 0 saturated carbocycles. The molecule has 0 unspecified atom stereocenters. The van der Waals surface area contributed by atoms with Crippen molar-refractivity contribution in [1.29, 1.82) is 0 Å². The highest BCUT2D eigenvalue weighted by Crippen LogP contribution is 2.27. The molecule has 4 rings (SSSR count). The number of fused-ring (bicyclic) bond motifs is 3. The molecule has 132 valence electrons. The van der Waals surface area contributed by atoms with E-state index >= 15 is 0 Å². The molecule has 24 heavy (non-hydrogen) atoms. The summed E-state index contributed by atoms with van der Waals surface area (Å²) in [7, 11) is 0. The normalized spacial score (nSPS) is 27.8. The van der Waals surface area contributed by atoms with Gasteiger partial charge in [-0.05, 0) is 18.4 Å². The number of benzene rings is 1. The molecule has 3 saturated heterocycles. The molecule has 0 radical (unpaired) electrons. The highest BCUT2D eigenvalue weighted by atomic mass is 16.5. The molecule has 3 heterocycles. The van der Waals surface area contributed by atoms with Gasteiger partial charge in [-0.1, -0.05) is 39.0 Å². The summed E-state index contributed by atoms with van der Waals surface area (Å²) in [5.74, 6) is -0.179. The van der Waals surface area contributed by atoms with Crippen LogP contribution >= 0.6 is 0 Å². The first-order chi connectivity index (χ1) is 11.3. The average molecular weight is 331 g/mol. The van der Waals surface area contributed by atoms with Gasteiger partial charge in [-0.3, -0.25) is 4.90 Å². The third kappa shape index (κ3) is 3.65. The van der Waals surface area contributed by atoms with Crippen LogP contribution in [0.4, 0.5) is 0 Å². The minimum atomic E-state index is -0.179. The van der Waals surface area contributed by atoms with Gasteiger partial charge in [-0.25, -0.2) is 4.79 Å². The van der Waals surface area contributed by atoms with Gasteiger partial charge in [0.2, 0.25) is 0 Å². The Hall–Kier alpha value is -1.39. The van der Waals surface area contributed by atoms with Gasteiger partial charge in [0.05, 0.1) is 25.2 Å². The summed E-state index contributed by atoms with van der Waals surface area (Å²) >= 11 is 0. The van der Waals surface area contributed by atoms with E-state index in [4.69, 9.17) is 4.74 Å². The van der Waals surface area contributed by atoms with Crippen LogP contribution < -0.4 is 0 Å². The molecule has 3 aliphatic heterocycles. The quantitative estimate of drug-likeness (QED) is 0.627. The largest absolute Gasteiger partial charge is 0.459 e. The van der Waals surface area contributed by atoms with Gasteiger partial charge in [-0.2, -0.15) is 0 Å². The number of rotatable bonds is 4. The van der Waals surface area contributed by atoms with E-state index in [-0.39, 0.29) is 17.5 Å². The zero-order valence-electron chi connectivity index (χ0n) is 15.5. The predicted molar refractivity (Wildman–Crippen MR) is 95.8 cm³/mol. The van der Waals surface area contributed by atoms with E-state index in [0.717, 1.165) is 22.2 Å². The van der Waals surface area contributed by atoms with E-state index in [1.165, 1.54) is 39.3 Å². The fourth-order valence-corrected chi connectivity index (χ4v) is 3.59. The minimum Gasteiger partial charge on any atom is -0.459 e. The number of carbonyl (C=O) groups excluding carboxylic acids is 1. The van der Waals surface area contributed by atoms with E-state index in [0.29, 0.717) is 0 Å². The SMILES string of the molecule is C[C@@H](OC(=O)c1ccccc1C[N+]12CCN(CC1)CC2)C(C)(C)C. The fraction of sp³-hybridized carbons (Fsp3) is 0.650. The van der Waals surface area contributed by atoms with Crippen molar-refractivity contribution in [1.82, 2.24) is 4.90 Å². The average Bonchev–Trinajstić information content (AvgIpc) is 2.55. The number of hydrogen-bond acceptors (Lipinski definition) is 3. The molecular formula is C20H31N2O2+. The molecule has 4 heteroatoms. The molecule has 3 fully saturated rings. The number of esters is 1. The second kappa shape index (κ2) is 6.49. The van der Waals surface area contributed by atoms with Gasteiger partial charge in [0.15, 0.2) is 0 Å². The van der Waals surface area contributed by atoms with Crippen LogP contribution in [0.15, 0.2) is 24.3 Å². The zero-order valence-corrected chi connectivity index (χ0v) is 15.5.